The monoisotopic (exact) mass is 367 g/mol. The van der Waals surface area contributed by atoms with Crippen molar-refractivity contribution in [2.24, 2.45) is 11.8 Å². The van der Waals surface area contributed by atoms with Gasteiger partial charge in [0.05, 0.1) is 11.6 Å². The Balaban J connectivity index is 1.54. The zero-order chi connectivity index (χ0) is 19.1. The van der Waals surface area contributed by atoms with Gasteiger partial charge in [-0.2, -0.15) is 0 Å². The molecular formula is C21H25N3O3. The van der Waals surface area contributed by atoms with Gasteiger partial charge in [-0.25, -0.2) is 0 Å². The lowest BCUT2D eigenvalue weighted by atomic mass is 9.98. The summed E-state index contributed by atoms with van der Waals surface area (Å²) in [7, 11) is 0. The van der Waals surface area contributed by atoms with Crippen molar-refractivity contribution in [1.29, 1.82) is 0 Å². The van der Waals surface area contributed by atoms with E-state index in [2.05, 4.69) is 5.32 Å². The van der Waals surface area contributed by atoms with E-state index in [1.807, 2.05) is 34.6 Å². The standard InChI is InChI=1S/C21H25N3O3/c1-13-9-20(26)16-5-3-4-6-19(16)24(13)12-21(27)22-18-11-23(14(2)25)10-17(18)15-7-8-15/h3-6,9,15,17-18H,7-8,10-12H2,1-2H3,(H,22,27)/t17-,18+/m0/s1. The van der Waals surface area contributed by atoms with Crippen LogP contribution in [0.4, 0.5) is 0 Å². The van der Waals surface area contributed by atoms with E-state index in [1.165, 1.54) is 12.8 Å². The number of fused-ring (bicyclic) bond motifs is 1. The summed E-state index contributed by atoms with van der Waals surface area (Å²) in [6.45, 7) is 4.93. The van der Waals surface area contributed by atoms with Crippen molar-refractivity contribution in [3.05, 3.63) is 46.2 Å². The first kappa shape index (κ1) is 17.8. The summed E-state index contributed by atoms with van der Waals surface area (Å²) in [5, 5.41) is 3.78. The molecule has 142 valence electrons. The minimum atomic E-state index is -0.0760. The average molecular weight is 367 g/mol. The van der Waals surface area contributed by atoms with E-state index in [-0.39, 0.29) is 29.8 Å². The highest BCUT2D eigenvalue weighted by Gasteiger charge is 2.43. The summed E-state index contributed by atoms with van der Waals surface area (Å²) in [5.41, 5.74) is 1.51. The smallest absolute Gasteiger partial charge is 0.240 e. The summed E-state index contributed by atoms with van der Waals surface area (Å²) in [6, 6.07) is 8.96. The molecule has 1 aromatic carbocycles. The van der Waals surface area contributed by atoms with Crippen molar-refractivity contribution < 1.29 is 9.59 Å². The molecule has 1 N–H and O–H groups in total. The number of nitrogens with one attached hydrogen (secondary N) is 1. The van der Waals surface area contributed by atoms with E-state index >= 15 is 0 Å². The fourth-order valence-electron chi connectivity index (χ4n) is 4.30. The summed E-state index contributed by atoms with van der Waals surface area (Å²) < 4.78 is 1.88. The molecule has 6 nitrogen and oxygen atoms in total. The van der Waals surface area contributed by atoms with E-state index < -0.39 is 0 Å². The van der Waals surface area contributed by atoms with Gasteiger partial charge < -0.3 is 14.8 Å². The molecule has 2 amide bonds. The zero-order valence-corrected chi connectivity index (χ0v) is 15.8. The third kappa shape index (κ3) is 3.48. The summed E-state index contributed by atoms with van der Waals surface area (Å²) in [6.07, 6.45) is 2.37. The van der Waals surface area contributed by atoms with Crippen molar-refractivity contribution in [3.63, 3.8) is 0 Å². The predicted octanol–water partition coefficient (Wildman–Crippen LogP) is 1.68. The number of carbonyl (C=O) groups excluding carboxylic acids is 2. The van der Waals surface area contributed by atoms with Gasteiger partial charge in [-0.1, -0.05) is 12.1 Å². The molecule has 2 aliphatic rings. The second-order valence-electron chi connectivity index (χ2n) is 7.85. The van der Waals surface area contributed by atoms with E-state index in [9.17, 15) is 14.4 Å². The molecule has 0 radical (unpaired) electrons. The van der Waals surface area contributed by atoms with Gasteiger partial charge in [0.25, 0.3) is 0 Å². The molecule has 2 aromatic rings. The van der Waals surface area contributed by atoms with Gasteiger partial charge in [0.1, 0.15) is 6.54 Å². The van der Waals surface area contributed by atoms with Crippen molar-refractivity contribution in [2.75, 3.05) is 13.1 Å². The van der Waals surface area contributed by atoms with Crippen molar-refractivity contribution in [1.82, 2.24) is 14.8 Å². The van der Waals surface area contributed by atoms with Crippen LogP contribution in [0.25, 0.3) is 10.9 Å². The molecule has 2 heterocycles. The van der Waals surface area contributed by atoms with Crippen LogP contribution in [0, 0.1) is 18.8 Å². The van der Waals surface area contributed by atoms with Gasteiger partial charge >= 0.3 is 0 Å². The number of nitrogens with zero attached hydrogens (tertiary/aromatic N) is 2. The number of aromatic nitrogens is 1. The van der Waals surface area contributed by atoms with Crippen LogP contribution in [-0.2, 0) is 16.1 Å². The van der Waals surface area contributed by atoms with Crippen LogP contribution in [0.5, 0.6) is 0 Å². The number of amides is 2. The quantitative estimate of drug-likeness (QED) is 0.894. The van der Waals surface area contributed by atoms with E-state index in [0.29, 0.717) is 23.8 Å². The van der Waals surface area contributed by atoms with Crippen LogP contribution >= 0.6 is 0 Å². The first-order valence-corrected chi connectivity index (χ1v) is 9.58. The number of likely N-dealkylation sites (tertiary alicyclic amines) is 1. The molecule has 2 atom stereocenters. The van der Waals surface area contributed by atoms with Crippen molar-refractivity contribution in [3.8, 4) is 0 Å². The summed E-state index contributed by atoms with van der Waals surface area (Å²) in [4.78, 5) is 38.6. The number of pyridine rings is 1. The predicted molar refractivity (Wildman–Crippen MR) is 103 cm³/mol. The molecule has 0 bridgehead atoms. The first-order chi connectivity index (χ1) is 12.9. The van der Waals surface area contributed by atoms with Crippen LogP contribution in [-0.4, -0.2) is 40.4 Å². The Morgan fingerprint density at radius 1 is 1.19 bits per heavy atom. The molecule has 4 rings (SSSR count). The van der Waals surface area contributed by atoms with Gasteiger partial charge in [0.2, 0.25) is 11.8 Å². The lowest BCUT2D eigenvalue weighted by Gasteiger charge is -2.21. The molecule has 0 unspecified atom stereocenters. The lowest BCUT2D eigenvalue weighted by molar-refractivity contribution is -0.128. The maximum Gasteiger partial charge on any atom is 0.240 e. The number of benzene rings is 1. The molecule has 27 heavy (non-hydrogen) atoms. The molecule has 1 saturated carbocycles. The van der Waals surface area contributed by atoms with Crippen molar-refractivity contribution >= 4 is 22.7 Å². The van der Waals surface area contributed by atoms with Crippen LogP contribution in [0.2, 0.25) is 0 Å². The molecule has 0 spiro atoms. The molecule has 6 heteroatoms. The van der Waals surface area contributed by atoms with Crippen LogP contribution in [0.1, 0.15) is 25.5 Å². The van der Waals surface area contributed by atoms with Crippen LogP contribution in [0.15, 0.2) is 35.1 Å². The van der Waals surface area contributed by atoms with E-state index in [4.69, 9.17) is 0 Å². The Kier molecular flexibility index (Phi) is 4.50. The summed E-state index contributed by atoms with van der Waals surface area (Å²) >= 11 is 0. The number of para-hydroxylation sites is 1. The summed E-state index contributed by atoms with van der Waals surface area (Å²) in [5.74, 6) is 0.965. The topological polar surface area (TPSA) is 71.4 Å². The van der Waals surface area contributed by atoms with Gasteiger partial charge in [0.15, 0.2) is 5.43 Å². The third-order valence-corrected chi connectivity index (χ3v) is 5.91. The minimum absolute atomic E-state index is 0.0138. The number of hydrogen-bond acceptors (Lipinski definition) is 3. The highest BCUT2D eigenvalue weighted by Crippen LogP contribution is 2.41. The van der Waals surface area contributed by atoms with Gasteiger partial charge in [-0.15, -0.1) is 0 Å². The fraction of sp³-hybridized carbons (Fsp3) is 0.476. The lowest BCUT2D eigenvalue weighted by Crippen LogP contribution is -2.43. The molecule has 1 saturated heterocycles. The number of carbonyl (C=O) groups is 2. The number of hydrogen-bond donors (Lipinski definition) is 1. The molecule has 2 fully saturated rings. The maximum absolute atomic E-state index is 12.8. The second kappa shape index (κ2) is 6.83. The molecular weight excluding hydrogens is 342 g/mol. The van der Waals surface area contributed by atoms with Crippen LogP contribution in [0.3, 0.4) is 0 Å². The van der Waals surface area contributed by atoms with Gasteiger partial charge in [-0.3, -0.25) is 14.4 Å². The number of rotatable bonds is 4. The molecule has 1 aliphatic carbocycles. The molecule has 1 aliphatic heterocycles. The minimum Gasteiger partial charge on any atom is -0.350 e. The third-order valence-electron chi connectivity index (χ3n) is 5.91. The second-order valence-corrected chi connectivity index (χ2v) is 7.85. The Hall–Kier alpha value is -2.63. The fourth-order valence-corrected chi connectivity index (χ4v) is 4.30. The zero-order valence-electron chi connectivity index (χ0n) is 15.8. The SMILES string of the molecule is CC(=O)N1C[C@@H](NC(=O)Cn2c(C)cc(=O)c3ccccc32)[C@H](C2CC2)C1. The number of aryl methyl sites for hydroxylation is 1. The Morgan fingerprint density at radius 2 is 1.93 bits per heavy atom. The van der Waals surface area contributed by atoms with E-state index in [1.54, 1.807) is 19.1 Å². The van der Waals surface area contributed by atoms with Gasteiger partial charge in [-0.05, 0) is 37.8 Å². The Labute approximate surface area is 158 Å². The largest absolute Gasteiger partial charge is 0.350 e. The van der Waals surface area contributed by atoms with Crippen molar-refractivity contribution in [2.45, 2.75) is 39.3 Å². The Bertz CT molecular complexity index is 961. The highest BCUT2D eigenvalue weighted by atomic mass is 16.2. The molecule has 1 aromatic heterocycles. The van der Waals surface area contributed by atoms with E-state index in [0.717, 1.165) is 17.8 Å². The van der Waals surface area contributed by atoms with Gasteiger partial charge in [0, 0.05) is 43.1 Å². The average Bonchev–Trinajstić information content (AvgIpc) is 3.39. The normalized spacial score (nSPS) is 22.2. The Morgan fingerprint density at radius 3 is 2.63 bits per heavy atom. The highest BCUT2D eigenvalue weighted by molar-refractivity contribution is 5.83. The maximum atomic E-state index is 12.8. The first-order valence-electron chi connectivity index (χ1n) is 9.58. The van der Waals surface area contributed by atoms with Crippen LogP contribution < -0.4 is 10.7 Å².